The molecule has 1 aliphatic heterocycles. The number of para-hydroxylation sites is 1. The number of rotatable bonds is 4. The van der Waals surface area contributed by atoms with Gasteiger partial charge in [-0.05, 0) is 43.4 Å². The van der Waals surface area contributed by atoms with Crippen LogP contribution in [-0.2, 0) is 6.42 Å². The third-order valence-electron chi connectivity index (χ3n) is 4.20. The normalized spacial score (nSPS) is 30.2. The second kappa shape index (κ2) is 4.34. The molecule has 0 amide bonds. The number of likely N-dealkylation sites (N-methyl/N-ethyl adjacent to an activating group) is 1. The Bertz CT molecular complexity index is 377. The van der Waals surface area contributed by atoms with E-state index in [1.807, 2.05) is 0 Å². The van der Waals surface area contributed by atoms with E-state index < -0.39 is 0 Å². The molecule has 0 aromatic heterocycles. The van der Waals surface area contributed by atoms with Crippen LogP contribution in [0.3, 0.4) is 0 Å². The smallest absolute Gasteiger partial charge is 0.0429 e. The third-order valence-corrected chi connectivity index (χ3v) is 4.20. The molecule has 1 fully saturated rings. The monoisotopic (exact) mass is 230 g/mol. The quantitative estimate of drug-likeness (QED) is 0.855. The summed E-state index contributed by atoms with van der Waals surface area (Å²) >= 11 is 0. The van der Waals surface area contributed by atoms with Crippen LogP contribution in [-0.4, -0.2) is 31.1 Å². The first kappa shape index (κ1) is 11.1. The minimum absolute atomic E-state index is 0.603. The molecule has 1 aromatic carbocycles. The van der Waals surface area contributed by atoms with Gasteiger partial charge >= 0.3 is 0 Å². The van der Waals surface area contributed by atoms with E-state index in [4.69, 9.17) is 0 Å². The lowest BCUT2D eigenvalue weighted by Gasteiger charge is -2.21. The van der Waals surface area contributed by atoms with E-state index in [1.165, 1.54) is 30.6 Å². The van der Waals surface area contributed by atoms with E-state index >= 15 is 0 Å². The molecule has 0 saturated heterocycles. The van der Waals surface area contributed by atoms with Crippen LogP contribution in [0.4, 0.5) is 5.69 Å². The Morgan fingerprint density at radius 1 is 1.29 bits per heavy atom. The van der Waals surface area contributed by atoms with Gasteiger partial charge in [0, 0.05) is 24.8 Å². The van der Waals surface area contributed by atoms with Crippen LogP contribution in [0.15, 0.2) is 24.3 Å². The van der Waals surface area contributed by atoms with E-state index in [2.05, 4.69) is 48.5 Å². The number of anilines is 1. The van der Waals surface area contributed by atoms with Crippen molar-refractivity contribution in [3.63, 3.8) is 0 Å². The Labute approximate surface area is 104 Å². The largest absolute Gasteiger partial charge is 0.380 e. The second-order valence-corrected chi connectivity index (χ2v) is 5.90. The lowest BCUT2D eigenvalue weighted by Crippen LogP contribution is -2.34. The van der Waals surface area contributed by atoms with Crippen molar-refractivity contribution in [1.82, 2.24) is 4.90 Å². The highest BCUT2D eigenvalue weighted by Crippen LogP contribution is 2.38. The average molecular weight is 230 g/mol. The SMILES string of the molecule is CC1CC1CN(C)CC1Cc2ccccc2N1. The number of nitrogens with one attached hydrogen (secondary N) is 1. The molecule has 0 bridgehead atoms. The molecule has 1 saturated carbocycles. The van der Waals surface area contributed by atoms with Gasteiger partial charge < -0.3 is 10.2 Å². The molecule has 3 unspecified atom stereocenters. The molecule has 2 aliphatic rings. The molecular weight excluding hydrogens is 208 g/mol. The minimum Gasteiger partial charge on any atom is -0.380 e. The fraction of sp³-hybridized carbons (Fsp3) is 0.600. The summed E-state index contributed by atoms with van der Waals surface area (Å²) in [7, 11) is 2.26. The molecule has 1 N–H and O–H groups in total. The summed E-state index contributed by atoms with van der Waals surface area (Å²) in [6.45, 7) is 4.80. The third kappa shape index (κ3) is 2.47. The molecule has 2 heteroatoms. The molecule has 92 valence electrons. The van der Waals surface area contributed by atoms with Crippen LogP contribution in [0.1, 0.15) is 18.9 Å². The highest BCUT2D eigenvalue weighted by atomic mass is 15.1. The van der Waals surface area contributed by atoms with E-state index in [-0.39, 0.29) is 0 Å². The average Bonchev–Trinajstić information content (AvgIpc) is 2.84. The summed E-state index contributed by atoms with van der Waals surface area (Å²) < 4.78 is 0. The van der Waals surface area contributed by atoms with Crippen molar-refractivity contribution in [2.24, 2.45) is 11.8 Å². The topological polar surface area (TPSA) is 15.3 Å². The summed E-state index contributed by atoms with van der Waals surface area (Å²) in [6.07, 6.45) is 2.61. The van der Waals surface area contributed by atoms with Crippen molar-refractivity contribution in [1.29, 1.82) is 0 Å². The van der Waals surface area contributed by atoms with E-state index in [1.54, 1.807) is 0 Å². The van der Waals surface area contributed by atoms with Gasteiger partial charge in [-0.1, -0.05) is 25.1 Å². The lowest BCUT2D eigenvalue weighted by atomic mass is 10.1. The van der Waals surface area contributed by atoms with Gasteiger partial charge in [-0.15, -0.1) is 0 Å². The summed E-state index contributed by atoms with van der Waals surface area (Å²) in [5.41, 5.74) is 2.82. The molecule has 3 rings (SSSR count). The van der Waals surface area contributed by atoms with Gasteiger partial charge in [0.15, 0.2) is 0 Å². The number of benzene rings is 1. The standard InChI is InChI=1S/C15H22N2/c1-11-7-13(11)9-17(2)10-14-8-12-5-3-4-6-15(12)16-14/h3-6,11,13-14,16H,7-10H2,1-2H3. The van der Waals surface area contributed by atoms with Gasteiger partial charge in [-0.25, -0.2) is 0 Å². The van der Waals surface area contributed by atoms with Crippen molar-refractivity contribution in [3.05, 3.63) is 29.8 Å². The molecule has 2 nitrogen and oxygen atoms in total. The minimum atomic E-state index is 0.603. The van der Waals surface area contributed by atoms with Crippen LogP contribution in [0.25, 0.3) is 0 Å². The van der Waals surface area contributed by atoms with Gasteiger partial charge in [0.25, 0.3) is 0 Å². The summed E-state index contributed by atoms with van der Waals surface area (Å²) in [4.78, 5) is 2.50. The Morgan fingerprint density at radius 3 is 2.76 bits per heavy atom. The summed E-state index contributed by atoms with van der Waals surface area (Å²) in [5, 5.41) is 3.63. The van der Waals surface area contributed by atoms with Crippen molar-refractivity contribution in [2.75, 3.05) is 25.5 Å². The Hall–Kier alpha value is -1.02. The molecule has 0 spiro atoms. The fourth-order valence-corrected chi connectivity index (χ4v) is 2.99. The van der Waals surface area contributed by atoms with Crippen molar-refractivity contribution >= 4 is 5.69 Å². The summed E-state index contributed by atoms with van der Waals surface area (Å²) in [5.74, 6) is 1.93. The Kier molecular flexibility index (Phi) is 2.83. The predicted molar refractivity (Wildman–Crippen MR) is 72.3 cm³/mol. The molecule has 1 aliphatic carbocycles. The number of hydrogen-bond donors (Lipinski definition) is 1. The zero-order chi connectivity index (χ0) is 11.8. The maximum absolute atomic E-state index is 3.63. The first-order valence-corrected chi connectivity index (χ1v) is 6.75. The second-order valence-electron chi connectivity index (χ2n) is 5.90. The van der Waals surface area contributed by atoms with E-state index in [0.29, 0.717) is 6.04 Å². The molecular formula is C15H22N2. The maximum atomic E-state index is 3.63. The van der Waals surface area contributed by atoms with Crippen LogP contribution in [0.2, 0.25) is 0 Å². The van der Waals surface area contributed by atoms with Gasteiger partial charge in [0.1, 0.15) is 0 Å². The number of nitrogens with zero attached hydrogens (tertiary/aromatic N) is 1. The molecule has 0 radical (unpaired) electrons. The van der Waals surface area contributed by atoms with Crippen molar-refractivity contribution < 1.29 is 0 Å². The van der Waals surface area contributed by atoms with Gasteiger partial charge in [-0.2, -0.15) is 0 Å². The van der Waals surface area contributed by atoms with Crippen molar-refractivity contribution in [3.8, 4) is 0 Å². The van der Waals surface area contributed by atoms with E-state index in [9.17, 15) is 0 Å². The molecule has 1 aromatic rings. The number of hydrogen-bond acceptors (Lipinski definition) is 2. The van der Waals surface area contributed by atoms with E-state index in [0.717, 1.165) is 18.4 Å². The predicted octanol–water partition coefficient (Wildman–Crippen LogP) is 2.61. The number of fused-ring (bicyclic) bond motifs is 1. The van der Waals surface area contributed by atoms with Crippen LogP contribution < -0.4 is 5.32 Å². The molecule has 3 atom stereocenters. The van der Waals surface area contributed by atoms with Gasteiger partial charge in [-0.3, -0.25) is 0 Å². The lowest BCUT2D eigenvalue weighted by molar-refractivity contribution is 0.302. The van der Waals surface area contributed by atoms with Crippen LogP contribution >= 0.6 is 0 Å². The van der Waals surface area contributed by atoms with Gasteiger partial charge in [0.2, 0.25) is 0 Å². The zero-order valence-electron chi connectivity index (χ0n) is 10.8. The first-order chi connectivity index (χ1) is 8.22. The van der Waals surface area contributed by atoms with Crippen LogP contribution in [0, 0.1) is 11.8 Å². The van der Waals surface area contributed by atoms with Crippen LogP contribution in [0.5, 0.6) is 0 Å². The fourth-order valence-electron chi connectivity index (χ4n) is 2.99. The highest BCUT2D eigenvalue weighted by Gasteiger charge is 2.33. The highest BCUT2D eigenvalue weighted by molar-refractivity contribution is 5.56. The Balaban J connectivity index is 1.51. The zero-order valence-corrected chi connectivity index (χ0v) is 10.8. The molecule has 1 heterocycles. The summed E-state index contributed by atoms with van der Waals surface area (Å²) in [6, 6.07) is 9.29. The van der Waals surface area contributed by atoms with Gasteiger partial charge in [0.05, 0.1) is 0 Å². The first-order valence-electron chi connectivity index (χ1n) is 6.75. The Morgan fingerprint density at radius 2 is 2.06 bits per heavy atom. The molecule has 17 heavy (non-hydrogen) atoms. The van der Waals surface area contributed by atoms with Crippen molar-refractivity contribution in [2.45, 2.75) is 25.8 Å². The maximum Gasteiger partial charge on any atom is 0.0429 e.